The minimum atomic E-state index is 0.0614. The van der Waals surface area contributed by atoms with Crippen LogP contribution < -0.4 is 5.32 Å². The molecule has 0 unspecified atom stereocenters. The largest absolute Gasteiger partial charge is 0.326 e. The van der Waals surface area contributed by atoms with Crippen molar-refractivity contribution in [2.75, 3.05) is 5.32 Å². The molecule has 0 spiro atoms. The molecule has 1 amide bonds. The number of carbonyl (C=O) groups excluding carboxylic acids is 1. The third-order valence-corrected chi connectivity index (χ3v) is 2.70. The minimum absolute atomic E-state index is 0.0614. The van der Waals surface area contributed by atoms with Gasteiger partial charge in [0.15, 0.2) is 0 Å². The first-order chi connectivity index (χ1) is 7.17. The Balaban J connectivity index is 2.68. The standard InChI is InChI=1S/C13H19NO/c1-4-10(3)11-6-8-12(9-7-11)14-13(15)5-2/h6-10H,4-5H2,1-3H3,(H,14,15)/t10-/m0/s1. The summed E-state index contributed by atoms with van der Waals surface area (Å²) in [7, 11) is 0. The lowest BCUT2D eigenvalue weighted by Crippen LogP contribution is -2.09. The summed E-state index contributed by atoms with van der Waals surface area (Å²) >= 11 is 0. The van der Waals surface area contributed by atoms with Crippen molar-refractivity contribution in [2.24, 2.45) is 0 Å². The van der Waals surface area contributed by atoms with E-state index in [1.165, 1.54) is 5.56 Å². The maximum Gasteiger partial charge on any atom is 0.224 e. The van der Waals surface area contributed by atoms with Crippen LogP contribution in [0.1, 0.15) is 45.1 Å². The van der Waals surface area contributed by atoms with E-state index in [0.717, 1.165) is 12.1 Å². The molecule has 0 aliphatic rings. The van der Waals surface area contributed by atoms with Crippen molar-refractivity contribution in [1.82, 2.24) is 0 Å². The average molecular weight is 205 g/mol. The zero-order chi connectivity index (χ0) is 11.3. The van der Waals surface area contributed by atoms with Gasteiger partial charge in [0.2, 0.25) is 5.91 Å². The molecule has 0 bridgehead atoms. The second kappa shape index (κ2) is 5.54. The van der Waals surface area contributed by atoms with Crippen molar-refractivity contribution < 1.29 is 4.79 Å². The quantitative estimate of drug-likeness (QED) is 0.800. The first-order valence-corrected chi connectivity index (χ1v) is 5.57. The van der Waals surface area contributed by atoms with E-state index >= 15 is 0 Å². The Morgan fingerprint density at radius 1 is 1.27 bits per heavy atom. The Bertz CT molecular complexity index is 316. The van der Waals surface area contributed by atoms with E-state index in [4.69, 9.17) is 0 Å². The van der Waals surface area contributed by atoms with Gasteiger partial charge in [-0.1, -0.05) is 32.9 Å². The molecule has 1 aromatic rings. The maximum absolute atomic E-state index is 11.1. The summed E-state index contributed by atoms with van der Waals surface area (Å²) in [6.45, 7) is 6.24. The lowest BCUT2D eigenvalue weighted by Gasteiger charge is -2.10. The van der Waals surface area contributed by atoms with E-state index in [1.54, 1.807) is 0 Å². The minimum Gasteiger partial charge on any atom is -0.326 e. The summed E-state index contributed by atoms with van der Waals surface area (Å²) in [6, 6.07) is 8.10. The van der Waals surface area contributed by atoms with Gasteiger partial charge in [0.25, 0.3) is 0 Å². The van der Waals surface area contributed by atoms with Crippen molar-refractivity contribution in [3.8, 4) is 0 Å². The molecule has 0 fully saturated rings. The van der Waals surface area contributed by atoms with Crippen molar-refractivity contribution >= 4 is 11.6 Å². The molecule has 82 valence electrons. The molecule has 0 aromatic heterocycles. The fourth-order valence-corrected chi connectivity index (χ4v) is 1.38. The first-order valence-electron chi connectivity index (χ1n) is 5.57. The Morgan fingerprint density at radius 2 is 1.87 bits per heavy atom. The maximum atomic E-state index is 11.1. The molecule has 0 saturated heterocycles. The molecule has 0 aliphatic heterocycles. The number of benzene rings is 1. The van der Waals surface area contributed by atoms with Gasteiger partial charge in [-0.3, -0.25) is 4.79 Å². The van der Waals surface area contributed by atoms with Gasteiger partial charge in [-0.15, -0.1) is 0 Å². The van der Waals surface area contributed by atoms with Crippen LogP contribution >= 0.6 is 0 Å². The van der Waals surface area contributed by atoms with Crippen LogP contribution in [0.15, 0.2) is 24.3 Å². The van der Waals surface area contributed by atoms with Crippen molar-refractivity contribution in [3.63, 3.8) is 0 Å². The van der Waals surface area contributed by atoms with Crippen LogP contribution in [0.25, 0.3) is 0 Å². The number of nitrogens with one attached hydrogen (secondary N) is 1. The molecule has 1 N–H and O–H groups in total. The molecule has 1 aromatic carbocycles. The number of rotatable bonds is 4. The van der Waals surface area contributed by atoms with E-state index < -0.39 is 0 Å². The summed E-state index contributed by atoms with van der Waals surface area (Å²) in [5, 5.41) is 2.84. The van der Waals surface area contributed by atoms with Crippen molar-refractivity contribution in [3.05, 3.63) is 29.8 Å². The highest BCUT2D eigenvalue weighted by Gasteiger charge is 2.03. The molecule has 2 nitrogen and oxygen atoms in total. The van der Waals surface area contributed by atoms with Gasteiger partial charge >= 0.3 is 0 Å². The van der Waals surface area contributed by atoms with Gasteiger partial charge in [0.1, 0.15) is 0 Å². The van der Waals surface area contributed by atoms with Gasteiger partial charge in [-0.05, 0) is 30.0 Å². The van der Waals surface area contributed by atoms with Crippen LogP contribution in [0, 0.1) is 0 Å². The Morgan fingerprint density at radius 3 is 2.33 bits per heavy atom. The fraction of sp³-hybridized carbons (Fsp3) is 0.462. The number of hydrogen-bond donors (Lipinski definition) is 1. The van der Waals surface area contributed by atoms with Crippen LogP contribution in [-0.4, -0.2) is 5.91 Å². The Kier molecular flexibility index (Phi) is 4.35. The van der Waals surface area contributed by atoms with Gasteiger partial charge in [0.05, 0.1) is 0 Å². The molecule has 0 heterocycles. The summed E-state index contributed by atoms with van der Waals surface area (Å²) in [6.07, 6.45) is 1.66. The Labute approximate surface area is 91.7 Å². The first kappa shape index (κ1) is 11.8. The number of hydrogen-bond acceptors (Lipinski definition) is 1. The highest BCUT2D eigenvalue weighted by molar-refractivity contribution is 5.90. The zero-order valence-electron chi connectivity index (χ0n) is 9.71. The highest BCUT2D eigenvalue weighted by Crippen LogP contribution is 2.20. The second-order valence-corrected chi connectivity index (χ2v) is 3.83. The van der Waals surface area contributed by atoms with E-state index in [-0.39, 0.29) is 5.91 Å². The molecular weight excluding hydrogens is 186 g/mol. The van der Waals surface area contributed by atoms with Gasteiger partial charge < -0.3 is 5.32 Å². The molecule has 2 heteroatoms. The van der Waals surface area contributed by atoms with Gasteiger partial charge in [-0.25, -0.2) is 0 Å². The lowest BCUT2D eigenvalue weighted by atomic mass is 9.99. The monoisotopic (exact) mass is 205 g/mol. The molecule has 1 rings (SSSR count). The molecular formula is C13H19NO. The average Bonchev–Trinajstić information content (AvgIpc) is 2.29. The number of carbonyl (C=O) groups is 1. The number of amides is 1. The smallest absolute Gasteiger partial charge is 0.224 e. The van der Waals surface area contributed by atoms with Crippen LogP contribution in [0.5, 0.6) is 0 Å². The Hall–Kier alpha value is -1.31. The van der Waals surface area contributed by atoms with E-state index in [0.29, 0.717) is 12.3 Å². The highest BCUT2D eigenvalue weighted by atomic mass is 16.1. The third-order valence-electron chi connectivity index (χ3n) is 2.70. The van der Waals surface area contributed by atoms with Gasteiger partial charge in [-0.2, -0.15) is 0 Å². The zero-order valence-corrected chi connectivity index (χ0v) is 9.71. The summed E-state index contributed by atoms with van der Waals surface area (Å²) in [5.74, 6) is 0.646. The SMILES string of the molecule is CCC(=O)Nc1ccc([C@@H](C)CC)cc1. The van der Waals surface area contributed by atoms with Gasteiger partial charge in [0, 0.05) is 12.1 Å². The van der Waals surface area contributed by atoms with Crippen LogP contribution in [0.2, 0.25) is 0 Å². The van der Waals surface area contributed by atoms with E-state index in [2.05, 4.69) is 31.3 Å². The topological polar surface area (TPSA) is 29.1 Å². The summed E-state index contributed by atoms with van der Waals surface area (Å²) in [4.78, 5) is 11.1. The predicted molar refractivity (Wildman–Crippen MR) is 64.1 cm³/mol. The van der Waals surface area contributed by atoms with E-state index in [9.17, 15) is 4.79 Å². The fourth-order valence-electron chi connectivity index (χ4n) is 1.38. The van der Waals surface area contributed by atoms with Crippen molar-refractivity contribution in [1.29, 1.82) is 0 Å². The summed E-state index contributed by atoms with van der Waals surface area (Å²) < 4.78 is 0. The van der Waals surface area contributed by atoms with Crippen LogP contribution in [0.4, 0.5) is 5.69 Å². The second-order valence-electron chi connectivity index (χ2n) is 3.83. The summed E-state index contributed by atoms with van der Waals surface area (Å²) in [5.41, 5.74) is 2.21. The predicted octanol–water partition coefficient (Wildman–Crippen LogP) is 3.55. The molecule has 15 heavy (non-hydrogen) atoms. The van der Waals surface area contributed by atoms with E-state index in [1.807, 2.05) is 19.1 Å². The molecule has 0 radical (unpaired) electrons. The lowest BCUT2D eigenvalue weighted by molar-refractivity contribution is -0.115. The molecule has 0 aliphatic carbocycles. The van der Waals surface area contributed by atoms with Crippen LogP contribution in [0.3, 0.4) is 0 Å². The molecule has 0 saturated carbocycles. The van der Waals surface area contributed by atoms with Crippen molar-refractivity contribution in [2.45, 2.75) is 39.5 Å². The molecule has 1 atom stereocenters. The third kappa shape index (κ3) is 3.39. The number of anilines is 1. The van der Waals surface area contributed by atoms with Crippen LogP contribution in [-0.2, 0) is 4.79 Å². The normalized spacial score (nSPS) is 12.2.